The van der Waals surface area contributed by atoms with E-state index in [0.29, 0.717) is 19.3 Å². The van der Waals surface area contributed by atoms with E-state index in [1.165, 1.54) is 212 Å². The van der Waals surface area contributed by atoms with Gasteiger partial charge in [-0.05, 0) is 31.1 Å². The molecular weight excluding hydrogens is 793 g/mol. The minimum Gasteiger partial charge on any atom is -0.462 e. The first kappa shape index (κ1) is 62.4. The van der Waals surface area contributed by atoms with Crippen LogP contribution in [0.25, 0.3) is 0 Å². The van der Waals surface area contributed by atoms with Gasteiger partial charge in [0.25, 0.3) is 0 Å². The quantitative estimate of drug-likeness (QED) is 0.0344. The molecule has 0 radical (unpaired) electrons. The Kier molecular flexibility index (Phi) is 49.6. The molecule has 6 heteroatoms. The van der Waals surface area contributed by atoms with Crippen LogP contribution in [-0.2, 0) is 28.6 Å². The molecule has 1 atom stereocenters. The topological polar surface area (TPSA) is 78.9 Å². The fourth-order valence-corrected chi connectivity index (χ4v) is 8.87. The van der Waals surface area contributed by atoms with Gasteiger partial charge in [0.15, 0.2) is 6.10 Å². The summed E-state index contributed by atoms with van der Waals surface area (Å²) >= 11 is 0. The van der Waals surface area contributed by atoms with Crippen LogP contribution in [0.1, 0.15) is 324 Å². The molecule has 0 fully saturated rings. The van der Waals surface area contributed by atoms with Gasteiger partial charge in [-0.3, -0.25) is 14.4 Å². The lowest BCUT2D eigenvalue weighted by Gasteiger charge is -2.18. The van der Waals surface area contributed by atoms with Crippen molar-refractivity contribution < 1.29 is 28.6 Å². The molecule has 0 bridgehead atoms. The minimum atomic E-state index is -0.762. The minimum absolute atomic E-state index is 0.0626. The lowest BCUT2D eigenvalue weighted by Crippen LogP contribution is -2.30. The maximum atomic E-state index is 12.8. The number of rotatable bonds is 52. The highest BCUT2D eigenvalue weighted by Crippen LogP contribution is 2.18. The molecule has 0 spiro atoms. The van der Waals surface area contributed by atoms with Crippen molar-refractivity contribution in [3.63, 3.8) is 0 Å². The zero-order chi connectivity index (χ0) is 46.8. The van der Waals surface area contributed by atoms with E-state index >= 15 is 0 Å². The van der Waals surface area contributed by atoms with Crippen LogP contribution in [0, 0.1) is 11.8 Å². The summed E-state index contributed by atoms with van der Waals surface area (Å²) < 4.78 is 16.9. The number of carbonyl (C=O) groups is 3. The van der Waals surface area contributed by atoms with Crippen LogP contribution in [0.3, 0.4) is 0 Å². The molecule has 0 aliphatic heterocycles. The predicted octanol–water partition coefficient (Wildman–Crippen LogP) is 18.9. The zero-order valence-corrected chi connectivity index (χ0v) is 43.9. The molecule has 0 rings (SSSR count). The van der Waals surface area contributed by atoms with E-state index in [2.05, 4.69) is 34.6 Å². The smallest absolute Gasteiger partial charge is 0.306 e. The first-order valence-electron chi connectivity index (χ1n) is 28.7. The van der Waals surface area contributed by atoms with Gasteiger partial charge in [0.05, 0.1) is 0 Å². The normalized spacial score (nSPS) is 12.0. The van der Waals surface area contributed by atoms with Crippen molar-refractivity contribution in [3.05, 3.63) is 0 Å². The summed E-state index contributed by atoms with van der Waals surface area (Å²) in [5, 5.41) is 0. The summed E-state index contributed by atoms with van der Waals surface area (Å²) in [5.74, 6) is 0.844. The van der Waals surface area contributed by atoms with Crippen molar-refractivity contribution >= 4 is 17.9 Å². The average Bonchev–Trinajstić information content (AvgIpc) is 3.27. The average molecular weight is 906 g/mol. The molecule has 0 unspecified atom stereocenters. The van der Waals surface area contributed by atoms with Crippen LogP contribution in [0.2, 0.25) is 0 Å². The fraction of sp³-hybridized carbons (Fsp3) is 0.948. The molecule has 6 nitrogen and oxygen atoms in total. The number of hydrogen-bond acceptors (Lipinski definition) is 6. The largest absolute Gasteiger partial charge is 0.462 e. The Morgan fingerprint density at radius 1 is 0.297 bits per heavy atom. The van der Waals surface area contributed by atoms with Gasteiger partial charge in [0.1, 0.15) is 13.2 Å². The molecule has 0 saturated carbocycles. The lowest BCUT2D eigenvalue weighted by atomic mass is 10.0. The Labute approximate surface area is 399 Å². The van der Waals surface area contributed by atoms with Crippen LogP contribution >= 0.6 is 0 Å². The number of esters is 3. The van der Waals surface area contributed by atoms with Crippen molar-refractivity contribution in [3.8, 4) is 0 Å². The Hall–Kier alpha value is -1.59. The number of ether oxygens (including phenoxy) is 3. The van der Waals surface area contributed by atoms with Crippen molar-refractivity contribution in [2.24, 2.45) is 11.8 Å². The van der Waals surface area contributed by atoms with Crippen molar-refractivity contribution in [1.29, 1.82) is 0 Å². The summed E-state index contributed by atoms with van der Waals surface area (Å²) in [7, 11) is 0. The third-order valence-corrected chi connectivity index (χ3v) is 13.2. The summed E-state index contributed by atoms with van der Waals surface area (Å²) in [6.45, 7) is 11.4. The highest BCUT2D eigenvalue weighted by Gasteiger charge is 2.19. The zero-order valence-electron chi connectivity index (χ0n) is 43.9. The first-order chi connectivity index (χ1) is 31.2. The van der Waals surface area contributed by atoms with Crippen LogP contribution in [0.5, 0.6) is 0 Å². The number of hydrogen-bond donors (Lipinski definition) is 0. The van der Waals surface area contributed by atoms with Gasteiger partial charge in [0.2, 0.25) is 0 Å². The van der Waals surface area contributed by atoms with Crippen LogP contribution < -0.4 is 0 Å². The van der Waals surface area contributed by atoms with Gasteiger partial charge in [0, 0.05) is 19.3 Å². The van der Waals surface area contributed by atoms with Crippen molar-refractivity contribution in [2.75, 3.05) is 13.2 Å². The first-order valence-corrected chi connectivity index (χ1v) is 28.7. The van der Waals surface area contributed by atoms with Gasteiger partial charge in [-0.15, -0.1) is 0 Å². The Morgan fingerprint density at radius 3 is 0.766 bits per heavy atom. The van der Waals surface area contributed by atoms with E-state index in [1.807, 2.05) is 0 Å². The van der Waals surface area contributed by atoms with E-state index in [4.69, 9.17) is 14.2 Å². The molecule has 0 aromatic carbocycles. The Morgan fingerprint density at radius 2 is 0.516 bits per heavy atom. The van der Waals surface area contributed by atoms with Crippen LogP contribution in [-0.4, -0.2) is 37.2 Å². The highest BCUT2D eigenvalue weighted by atomic mass is 16.6. The van der Waals surface area contributed by atoms with E-state index < -0.39 is 6.10 Å². The molecule has 0 aliphatic carbocycles. The molecule has 0 aliphatic rings. The monoisotopic (exact) mass is 905 g/mol. The summed E-state index contributed by atoms with van der Waals surface area (Å²) in [6, 6.07) is 0. The van der Waals surface area contributed by atoms with Crippen LogP contribution in [0.4, 0.5) is 0 Å². The molecule has 0 aromatic heterocycles. The molecular formula is C58H112O6. The molecule has 0 N–H and O–H groups in total. The maximum absolute atomic E-state index is 12.8. The second-order valence-corrected chi connectivity index (χ2v) is 20.9. The molecule has 0 saturated heterocycles. The number of unbranched alkanes of at least 4 members (excludes halogenated alkanes) is 37. The molecule has 0 amide bonds. The Bertz CT molecular complexity index is 978. The van der Waals surface area contributed by atoms with Gasteiger partial charge < -0.3 is 14.2 Å². The van der Waals surface area contributed by atoms with Crippen molar-refractivity contribution in [1.82, 2.24) is 0 Å². The van der Waals surface area contributed by atoms with E-state index in [-0.39, 0.29) is 31.1 Å². The van der Waals surface area contributed by atoms with Gasteiger partial charge in [-0.2, -0.15) is 0 Å². The molecule has 64 heavy (non-hydrogen) atoms. The van der Waals surface area contributed by atoms with Gasteiger partial charge in [-0.1, -0.05) is 285 Å². The Balaban J connectivity index is 4.30. The second kappa shape index (κ2) is 50.8. The molecule has 0 heterocycles. The predicted molar refractivity (Wildman–Crippen MR) is 275 cm³/mol. The molecule has 380 valence electrons. The van der Waals surface area contributed by atoms with Crippen LogP contribution in [0.15, 0.2) is 0 Å². The van der Waals surface area contributed by atoms with Crippen molar-refractivity contribution in [2.45, 2.75) is 330 Å². The summed E-state index contributed by atoms with van der Waals surface area (Å²) in [6.07, 6.45) is 53.7. The standard InChI is InChI=1S/C58H112O6/c1-6-7-8-9-10-11-12-16-23-28-33-38-43-48-56(59)62-51-55(52-63-57(60)49-44-39-34-29-24-20-15-18-22-27-32-37-42-47-54(4)5)64-58(61)50-45-40-35-30-25-19-14-13-17-21-26-31-36-41-46-53(2)3/h53-55H,6-52H2,1-5H3/t55-/m0/s1. The van der Waals surface area contributed by atoms with E-state index in [1.54, 1.807) is 0 Å². The fourth-order valence-electron chi connectivity index (χ4n) is 8.87. The number of carbonyl (C=O) groups excluding carboxylic acids is 3. The molecule has 0 aromatic rings. The van der Waals surface area contributed by atoms with Gasteiger partial charge in [-0.25, -0.2) is 0 Å². The summed E-state index contributed by atoms with van der Waals surface area (Å²) in [4.78, 5) is 38.1. The maximum Gasteiger partial charge on any atom is 0.306 e. The SMILES string of the molecule is CCCCCCCCCCCCCCCC(=O)OC[C@@H](COC(=O)CCCCCCCCCCCCCCCC(C)C)OC(=O)CCCCCCCCCCCCCCCCC(C)C. The highest BCUT2D eigenvalue weighted by molar-refractivity contribution is 5.71. The lowest BCUT2D eigenvalue weighted by molar-refractivity contribution is -0.167. The van der Waals surface area contributed by atoms with Gasteiger partial charge >= 0.3 is 17.9 Å². The third-order valence-electron chi connectivity index (χ3n) is 13.2. The second-order valence-electron chi connectivity index (χ2n) is 20.9. The third kappa shape index (κ3) is 51.4. The van der Waals surface area contributed by atoms with E-state index in [9.17, 15) is 14.4 Å². The van der Waals surface area contributed by atoms with E-state index in [0.717, 1.165) is 69.6 Å². The summed E-state index contributed by atoms with van der Waals surface area (Å²) in [5.41, 5.74) is 0.